The lowest BCUT2D eigenvalue weighted by molar-refractivity contribution is -0.143. The molecule has 5 heteroatoms. The van der Waals surface area contributed by atoms with Crippen LogP contribution >= 0.6 is 0 Å². The average molecular weight is 304 g/mol. The third kappa shape index (κ3) is 4.76. The number of likely N-dealkylation sites (tertiary alicyclic amines) is 1. The Balaban J connectivity index is 1.91. The van der Waals surface area contributed by atoms with E-state index in [-0.39, 0.29) is 6.10 Å². The average Bonchev–Trinajstić information content (AvgIpc) is 2.77. The predicted molar refractivity (Wildman–Crippen MR) is 85.9 cm³/mol. The van der Waals surface area contributed by atoms with Gasteiger partial charge in [-0.05, 0) is 51.0 Å². The Labute approximate surface area is 131 Å². The fraction of sp³-hybridized carbons (Fsp3) is 0.529. The number of nitrogens with zero attached hydrogens (tertiary/aromatic N) is 1. The number of hydrogen-bond acceptors (Lipinski definition) is 3. The smallest absolute Gasteiger partial charge is 0.313 e. The lowest BCUT2D eigenvalue weighted by Gasteiger charge is -2.19. The summed E-state index contributed by atoms with van der Waals surface area (Å²) < 4.78 is 5.54. The molecule has 2 rings (SSSR count). The minimum Gasteiger partial charge on any atom is -0.491 e. The van der Waals surface area contributed by atoms with Gasteiger partial charge in [0.05, 0.1) is 6.10 Å². The Morgan fingerprint density at radius 2 is 1.64 bits per heavy atom. The molecule has 120 valence electrons. The Hall–Kier alpha value is -2.04. The third-order valence-electron chi connectivity index (χ3n) is 3.57. The van der Waals surface area contributed by atoms with E-state index in [2.05, 4.69) is 5.32 Å². The van der Waals surface area contributed by atoms with Gasteiger partial charge in [0.1, 0.15) is 5.75 Å². The normalized spacial score (nSPS) is 15.3. The Kier molecular flexibility index (Phi) is 5.81. The molecule has 1 N–H and O–H groups in total. The molecular formula is C17H24N2O3. The van der Waals surface area contributed by atoms with Crippen molar-refractivity contribution in [3.05, 3.63) is 24.3 Å². The van der Waals surface area contributed by atoms with Gasteiger partial charge in [0, 0.05) is 18.8 Å². The van der Waals surface area contributed by atoms with Crippen molar-refractivity contribution >= 4 is 17.5 Å². The monoisotopic (exact) mass is 304 g/mol. The highest BCUT2D eigenvalue weighted by Gasteiger charge is 2.22. The second-order valence-electron chi connectivity index (χ2n) is 5.85. The van der Waals surface area contributed by atoms with Gasteiger partial charge in [-0.3, -0.25) is 9.59 Å². The summed E-state index contributed by atoms with van der Waals surface area (Å²) in [5.41, 5.74) is 0.601. The van der Waals surface area contributed by atoms with E-state index in [1.165, 1.54) is 0 Å². The predicted octanol–water partition coefficient (Wildman–Crippen LogP) is 2.81. The van der Waals surface area contributed by atoms with Crippen molar-refractivity contribution in [3.63, 3.8) is 0 Å². The van der Waals surface area contributed by atoms with E-state index in [0.29, 0.717) is 18.8 Å². The first kappa shape index (κ1) is 16.3. The van der Waals surface area contributed by atoms with Crippen LogP contribution in [0.25, 0.3) is 0 Å². The Morgan fingerprint density at radius 1 is 1.05 bits per heavy atom. The molecule has 1 aliphatic rings. The highest BCUT2D eigenvalue weighted by atomic mass is 16.5. The van der Waals surface area contributed by atoms with Crippen LogP contribution in [-0.4, -0.2) is 35.9 Å². The molecule has 2 amide bonds. The number of ether oxygens (including phenoxy) is 1. The Bertz CT molecular complexity index is 503. The number of carbonyl (C=O) groups is 2. The van der Waals surface area contributed by atoms with E-state index in [1.807, 2.05) is 13.8 Å². The van der Waals surface area contributed by atoms with Crippen molar-refractivity contribution in [2.45, 2.75) is 45.6 Å². The summed E-state index contributed by atoms with van der Waals surface area (Å²) in [6.45, 7) is 5.26. The lowest BCUT2D eigenvalue weighted by atomic mass is 10.2. The zero-order valence-corrected chi connectivity index (χ0v) is 13.3. The summed E-state index contributed by atoms with van der Waals surface area (Å²) in [7, 11) is 0. The van der Waals surface area contributed by atoms with Crippen molar-refractivity contribution in [1.29, 1.82) is 0 Å². The molecule has 0 atom stereocenters. The second kappa shape index (κ2) is 7.82. The van der Waals surface area contributed by atoms with Gasteiger partial charge in [0.15, 0.2) is 0 Å². The van der Waals surface area contributed by atoms with E-state index in [0.717, 1.165) is 31.4 Å². The molecule has 22 heavy (non-hydrogen) atoms. The fourth-order valence-electron chi connectivity index (χ4n) is 2.49. The van der Waals surface area contributed by atoms with Crippen molar-refractivity contribution < 1.29 is 14.3 Å². The number of hydrogen-bond donors (Lipinski definition) is 1. The van der Waals surface area contributed by atoms with Crippen LogP contribution in [-0.2, 0) is 9.59 Å². The molecule has 0 aromatic heterocycles. The third-order valence-corrected chi connectivity index (χ3v) is 3.57. The molecular weight excluding hydrogens is 280 g/mol. The van der Waals surface area contributed by atoms with Gasteiger partial charge >= 0.3 is 11.8 Å². The van der Waals surface area contributed by atoms with Gasteiger partial charge < -0.3 is 15.0 Å². The molecule has 0 bridgehead atoms. The zero-order chi connectivity index (χ0) is 15.9. The molecule has 1 saturated heterocycles. The molecule has 1 heterocycles. The van der Waals surface area contributed by atoms with Gasteiger partial charge in [-0.15, -0.1) is 0 Å². The summed E-state index contributed by atoms with van der Waals surface area (Å²) in [5, 5.41) is 2.65. The number of anilines is 1. The number of amides is 2. The van der Waals surface area contributed by atoms with Crippen LogP contribution in [0.5, 0.6) is 5.75 Å². The van der Waals surface area contributed by atoms with Crippen molar-refractivity contribution in [1.82, 2.24) is 4.90 Å². The van der Waals surface area contributed by atoms with Crippen molar-refractivity contribution in [3.8, 4) is 5.75 Å². The van der Waals surface area contributed by atoms with Crippen LogP contribution in [0.3, 0.4) is 0 Å². The summed E-state index contributed by atoms with van der Waals surface area (Å²) in [5.74, 6) is -0.268. The van der Waals surface area contributed by atoms with E-state index < -0.39 is 11.8 Å². The van der Waals surface area contributed by atoms with Crippen LogP contribution in [0.15, 0.2) is 24.3 Å². The molecule has 0 saturated carbocycles. The van der Waals surface area contributed by atoms with E-state index >= 15 is 0 Å². The standard InChI is InChI=1S/C17H24N2O3/c1-13(2)22-15-9-7-14(8-10-15)18-16(20)17(21)19-11-5-3-4-6-12-19/h7-10,13H,3-6,11-12H2,1-2H3,(H,18,20). The van der Waals surface area contributed by atoms with Gasteiger partial charge in [-0.2, -0.15) is 0 Å². The highest BCUT2D eigenvalue weighted by Crippen LogP contribution is 2.17. The highest BCUT2D eigenvalue weighted by molar-refractivity contribution is 6.39. The first-order valence-corrected chi connectivity index (χ1v) is 7.93. The molecule has 0 radical (unpaired) electrons. The Morgan fingerprint density at radius 3 is 2.18 bits per heavy atom. The van der Waals surface area contributed by atoms with Crippen LogP contribution in [0.2, 0.25) is 0 Å². The van der Waals surface area contributed by atoms with E-state index in [9.17, 15) is 9.59 Å². The summed E-state index contributed by atoms with van der Waals surface area (Å²) in [6.07, 6.45) is 4.30. The maximum atomic E-state index is 12.2. The number of carbonyl (C=O) groups excluding carboxylic acids is 2. The SMILES string of the molecule is CC(C)Oc1ccc(NC(=O)C(=O)N2CCCCCC2)cc1. The first-order valence-electron chi connectivity index (χ1n) is 7.93. The number of benzene rings is 1. The van der Waals surface area contributed by atoms with Crippen molar-refractivity contribution in [2.75, 3.05) is 18.4 Å². The quantitative estimate of drug-likeness (QED) is 0.874. The van der Waals surface area contributed by atoms with Crippen LogP contribution < -0.4 is 10.1 Å². The van der Waals surface area contributed by atoms with Crippen LogP contribution in [0.4, 0.5) is 5.69 Å². The first-order chi connectivity index (χ1) is 10.6. The largest absolute Gasteiger partial charge is 0.491 e. The maximum Gasteiger partial charge on any atom is 0.313 e. The molecule has 1 aromatic rings. The van der Waals surface area contributed by atoms with Gasteiger partial charge in [0.25, 0.3) is 0 Å². The zero-order valence-electron chi connectivity index (χ0n) is 13.3. The molecule has 0 spiro atoms. The molecule has 1 fully saturated rings. The van der Waals surface area contributed by atoms with Gasteiger partial charge in [-0.1, -0.05) is 12.8 Å². The number of rotatable bonds is 3. The summed E-state index contributed by atoms with van der Waals surface area (Å²) in [4.78, 5) is 25.9. The topological polar surface area (TPSA) is 58.6 Å². The summed E-state index contributed by atoms with van der Waals surface area (Å²) >= 11 is 0. The van der Waals surface area contributed by atoms with Crippen molar-refractivity contribution in [2.24, 2.45) is 0 Å². The molecule has 5 nitrogen and oxygen atoms in total. The fourth-order valence-corrected chi connectivity index (χ4v) is 2.49. The van der Waals surface area contributed by atoms with Crippen LogP contribution in [0.1, 0.15) is 39.5 Å². The molecule has 0 unspecified atom stereocenters. The number of nitrogens with one attached hydrogen (secondary N) is 1. The molecule has 1 aromatic carbocycles. The second-order valence-corrected chi connectivity index (χ2v) is 5.85. The summed E-state index contributed by atoms with van der Waals surface area (Å²) in [6, 6.07) is 7.05. The van der Waals surface area contributed by atoms with Gasteiger partial charge in [-0.25, -0.2) is 0 Å². The molecule has 0 aliphatic carbocycles. The maximum absolute atomic E-state index is 12.2. The van der Waals surface area contributed by atoms with E-state index in [1.54, 1.807) is 29.2 Å². The lowest BCUT2D eigenvalue weighted by Crippen LogP contribution is -2.40. The van der Waals surface area contributed by atoms with Crippen LogP contribution in [0, 0.1) is 0 Å². The van der Waals surface area contributed by atoms with E-state index in [4.69, 9.17) is 4.74 Å². The molecule has 1 aliphatic heterocycles. The minimum atomic E-state index is -0.570. The minimum absolute atomic E-state index is 0.102. The van der Waals surface area contributed by atoms with Gasteiger partial charge in [0.2, 0.25) is 0 Å².